The Morgan fingerprint density at radius 1 is 1.11 bits per heavy atom. The lowest BCUT2D eigenvalue weighted by Gasteiger charge is -2.18. The van der Waals surface area contributed by atoms with Crippen molar-refractivity contribution >= 4 is 22.5 Å². The molecule has 1 N–H and O–H groups in total. The minimum Gasteiger partial charge on any atom is -0.392 e. The lowest BCUT2D eigenvalue weighted by atomic mass is 9.95. The molecule has 0 aliphatic heterocycles. The molecule has 0 aliphatic rings. The second-order valence-corrected chi connectivity index (χ2v) is 5.75. The van der Waals surface area contributed by atoms with Gasteiger partial charge >= 0.3 is 0 Å². The SMILES string of the molecule is CSCC(C)C(O)Cc1cccc2ccccc12. The molecule has 2 atom stereocenters. The van der Waals surface area contributed by atoms with Crippen LogP contribution in [0, 0.1) is 5.92 Å². The van der Waals surface area contributed by atoms with Gasteiger partial charge in [0.25, 0.3) is 0 Å². The Labute approximate surface area is 113 Å². The summed E-state index contributed by atoms with van der Waals surface area (Å²) in [4.78, 5) is 0. The van der Waals surface area contributed by atoms with E-state index in [9.17, 15) is 5.11 Å². The number of hydrogen-bond donors (Lipinski definition) is 1. The second kappa shape index (κ2) is 6.26. The molecule has 0 fully saturated rings. The van der Waals surface area contributed by atoms with Crippen LogP contribution in [-0.4, -0.2) is 23.2 Å². The lowest BCUT2D eigenvalue weighted by molar-refractivity contribution is 0.128. The molecule has 0 radical (unpaired) electrons. The monoisotopic (exact) mass is 260 g/mol. The molecule has 0 spiro atoms. The molecule has 2 aromatic rings. The number of hydrogen-bond acceptors (Lipinski definition) is 2. The van der Waals surface area contributed by atoms with Gasteiger partial charge in [-0.25, -0.2) is 0 Å². The van der Waals surface area contributed by atoms with Gasteiger partial charge < -0.3 is 5.11 Å². The van der Waals surface area contributed by atoms with Crippen LogP contribution < -0.4 is 0 Å². The maximum atomic E-state index is 10.2. The van der Waals surface area contributed by atoms with Crippen molar-refractivity contribution in [1.82, 2.24) is 0 Å². The Morgan fingerprint density at radius 2 is 1.83 bits per heavy atom. The molecule has 2 rings (SSSR count). The minimum atomic E-state index is -0.261. The van der Waals surface area contributed by atoms with Crippen molar-refractivity contribution in [1.29, 1.82) is 0 Å². The van der Waals surface area contributed by atoms with E-state index in [-0.39, 0.29) is 6.10 Å². The van der Waals surface area contributed by atoms with Crippen molar-refractivity contribution in [3.63, 3.8) is 0 Å². The molecule has 96 valence electrons. The Balaban J connectivity index is 2.21. The number of fused-ring (bicyclic) bond motifs is 1. The molecule has 0 aromatic heterocycles. The van der Waals surface area contributed by atoms with Crippen LogP contribution >= 0.6 is 11.8 Å². The molecule has 2 heteroatoms. The smallest absolute Gasteiger partial charge is 0.0614 e. The quantitative estimate of drug-likeness (QED) is 0.883. The molecule has 0 bridgehead atoms. The fourth-order valence-electron chi connectivity index (χ4n) is 2.27. The zero-order chi connectivity index (χ0) is 13.0. The second-order valence-electron chi connectivity index (χ2n) is 4.84. The van der Waals surface area contributed by atoms with E-state index >= 15 is 0 Å². The van der Waals surface area contributed by atoms with Gasteiger partial charge in [0.2, 0.25) is 0 Å². The van der Waals surface area contributed by atoms with Crippen molar-refractivity contribution in [2.24, 2.45) is 5.92 Å². The highest BCUT2D eigenvalue weighted by molar-refractivity contribution is 7.98. The zero-order valence-electron chi connectivity index (χ0n) is 11.0. The van der Waals surface area contributed by atoms with E-state index in [1.54, 1.807) is 11.8 Å². The van der Waals surface area contributed by atoms with Crippen LogP contribution in [0.5, 0.6) is 0 Å². The first-order chi connectivity index (χ1) is 8.72. The largest absolute Gasteiger partial charge is 0.392 e. The van der Waals surface area contributed by atoms with Gasteiger partial charge in [0, 0.05) is 0 Å². The van der Waals surface area contributed by atoms with Gasteiger partial charge in [0.15, 0.2) is 0 Å². The van der Waals surface area contributed by atoms with Gasteiger partial charge in [0.1, 0.15) is 0 Å². The van der Waals surface area contributed by atoms with Gasteiger partial charge in [0.05, 0.1) is 6.10 Å². The summed E-state index contributed by atoms with van der Waals surface area (Å²) in [6.45, 7) is 2.12. The van der Waals surface area contributed by atoms with Gasteiger partial charge in [-0.1, -0.05) is 49.4 Å². The summed E-state index contributed by atoms with van der Waals surface area (Å²) in [6, 6.07) is 14.7. The van der Waals surface area contributed by atoms with Crippen LogP contribution in [0.15, 0.2) is 42.5 Å². The predicted molar refractivity (Wildman–Crippen MR) is 81.2 cm³/mol. The molecule has 0 amide bonds. The molecule has 18 heavy (non-hydrogen) atoms. The normalized spacial score (nSPS) is 14.6. The van der Waals surface area contributed by atoms with E-state index < -0.39 is 0 Å². The fraction of sp³-hybridized carbons (Fsp3) is 0.375. The third-order valence-corrected chi connectivity index (χ3v) is 4.25. The summed E-state index contributed by atoms with van der Waals surface area (Å²) in [5, 5.41) is 12.8. The molecule has 0 saturated carbocycles. The van der Waals surface area contributed by atoms with Gasteiger partial charge in [-0.2, -0.15) is 11.8 Å². The minimum absolute atomic E-state index is 0.261. The molecular weight excluding hydrogens is 240 g/mol. The van der Waals surface area contributed by atoms with Crippen molar-refractivity contribution < 1.29 is 5.11 Å². The van der Waals surface area contributed by atoms with Gasteiger partial charge in [-0.15, -0.1) is 0 Å². The average Bonchev–Trinajstić information content (AvgIpc) is 2.39. The summed E-state index contributed by atoms with van der Waals surface area (Å²) in [5.74, 6) is 1.34. The number of thioether (sulfide) groups is 1. The predicted octanol–water partition coefficient (Wildman–Crippen LogP) is 3.74. The molecule has 2 unspecified atom stereocenters. The molecule has 1 nitrogen and oxygen atoms in total. The fourth-order valence-corrected chi connectivity index (χ4v) is 3.02. The van der Waals surface area contributed by atoms with Crippen LogP contribution in [0.1, 0.15) is 12.5 Å². The summed E-state index contributed by atoms with van der Waals surface area (Å²) in [5.41, 5.74) is 1.24. The van der Waals surface area contributed by atoms with E-state index in [1.807, 2.05) is 0 Å². The van der Waals surface area contributed by atoms with Gasteiger partial charge in [-0.05, 0) is 40.7 Å². The van der Waals surface area contributed by atoms with Gasteiger partial charge in [-0.3, -0.25) is 0 Å². The van der Waals surface area contributed by atoms with E-state index in [2.05, 4.69) is 55.6 Å². The highest BCUT2D eigenvalue weighted by Crippen LogP contribution is 2.22. The summed E-state index contributed by atoms with van der Waals surface area (Å²) < 4.78 is 0. The zero-order valence-corrected chi connectivity index (χ0v) is 11.8. The average molecular weight is 260 g/mol. The summed E-state index contributed by atoms with van der Waals surface area (Å²) in [6.07, 6.45) is 2.56. The maximum Gasteiger partial charge on any atom is 0.0614 e. The Hall–Kier alpha value is -0.990. The summed E-state index contributed by atoms with van der Waals surface area (Å²) in [7, 11) is 0. The van der Waals surface area contributed by atoms with E-state index in [4.69, 9.17) is 0 Å². The Morgan fingerprint density at radius 3 is 2.61 bits per heavy atom. The lowest BCUT2D eigenvalue weighted by Crippen LogP contribution is -2.22. The van der Waals surface area contributed by atoms with E-state index in [1.165, 1.54) is 16.3 Å². The molecule has 0 saturated heterocycles. The standard InChI is InChI=1S/C16H20OS/c1-12(11-18-2)16(17)10-14-8-5-7-13-6-3-4-9-15(13)14/h3-9,12,16-17H,10-11H2,1-2H3. The summed E-state index contributed by atoms with van der Waals surface area (Å²) >= 11 is 1.79. The van der Waals surface area contributed by atoms with Crippen molar-refractivity contribution in [2.75, 3.05) is 12.0 Å². The molecule has 0 heterocycles. The topological polar surface area (TPSA) is 20.2 Å². The van der Waals surface area contributed by atoms with Crippen LogP contribution in [0.4, 0.5) is 0 Å². The Kier molecular flexibility index (Phi) is 4.67. The van der Waals surface area contributed by atoms with E-state index in [0.29, 0.717) is 5.92 Å². The van der Waals surface area contributed by atoms with Crippen LogP contribution in [0.3, 0.4) is 0 Å². The number of aliphatic hydroxyl groups excluding tert-OH is 1. The van der Waals surface area contributed by atoms with Crippen LogP contribution in [0.2, 0.25) is 0 Å². The first-order valence-electron chi connectivity index (χ1n) is 6.36. The number of aliphatic hydroxyl groups is 1. The number of benzene rings is 2. The van der Waals surface area contributed by atoms with E-state index in [0.717, 1.165) is 12.2 Å². The molecular formula is C16H20OS. The number of rotatable bonds is 5. The van der Waals surface area contributed by atoms with Crippen LogP contribution in [-0.2, 0) is 6.42 Å². The van der Waals surface area contributed by atoms with Crippen molar-refractivity contribution in [3.05, 3.63) is 48.0 Å². The third-order valence-electron chi connectivity index (χ3n) is 3.40. The van der Waals surface area contributed by atoms with Crippen LogP contribution in [0.25, 0.3) is 10.8 Å². The third kappa shape index (κ3) is 3.06. The Bertz CT molecular complexity index is 504. The molecule has 2 aromatic carbocycles. The highest BCUT2D eigenvalue weighted by atomic mass is 32.2. The first kappa shape index (κ1) is 13.4. The first-order valence-corrected chi connectivity index (χ1v) is 7.75. The van der Waals surface area contributed by atoms with Crippen molar-refractivity contribution in [3.8, 4) is 0 Å². The molecule has 0 aliphatic carbocycles. The highest BCUT2D eigenvalue weighted by Gasteiger charge is 2.15. The van der Waals surface area contributed by atoms with Crippen molar-refractivity contribution in [2.45, 2.75) is 19.4 Å². The maximum absolute atomic E-state index is 10.2.